The Morgan fingerprint density at radius 2 is 1.20 bits per heavy atom. The third-order valence-corrected chi connectivity index (χ3v) is 4.57. The molecule has 0 saturated carbocycles. The Hall–Kier alpha value is -2.66. The summed E-state index contributed by atoms with van der Waals surface area (Å²) in [6.45, 7) is 6.70. The minimum atomic E-state index is -0.571. The van der Waals surface area contributed by atoms with Crippen molar-refractivity contribution >= 4 is 11.9 Å². The predicted octanol–water partition coefficient (Wildman–Crippen LogP) is 3.70. The Morgan fingerprint density at radius 1 is 0.800 bits per heavy atom. The van der Waals surface area contributed by atoms with E-state index in [4.69, 9.17) is 14.2 Å². The molecule has 0 bridgehead atoms. The predicted molar refractivity (Wildman–Crippen MR) is 91.3 cm³/mol. The van der Waals surface area contributed by atoms with Crippen molar-refractivity contribution in [2.24, 2.45) is 0 Å². The number of carbonyl (C=O) groups is 2. The standard InChI is InChI=1S/C20H20O5/c1-13(21)23-17-9-5-7-15(11-17)19(3)20(4,25-19)16-8-6-10-18(12-16)24-14(2)22/h5-12H,1-4H3/t19-,20+. The molecule has 1 fully saturated rings. The van der Waals surface area contributed by atoms with Gasteiger partial charge in [0.05, 0.1) is 0 Å². The van der Waals surface area contributed by atoms with Gasteiger partial charge in [0.25, 0.3) is 0 Å². The zero-order chi connectivity index (χ0) is 18.2. The van der Waals surface area contributed by atoms with E-state index < -0.39 is 11.2 Å². The number of hydrogen-bond acceptors (Lipinski definition) is 5. The van der Waals surface area contributed by atoms with Crippen molar-refractivity contribution < 1.29 is 23.8 Å². The molecule has 3 rings (SSSR count). The second-order valence-electron chi connectivity index (χ2n) is 6.41. The number of rotatable bonds is 4. The highest BCUT2D eigenvalue weighted by atomic mass is 16.6. The average molecular weight is 340 g/mol. The van der Waals surface area contributed by atoms with Crippen molar-refractivity contribution in [3.05, 3.63) is 59.7 Å². The van der Waals surface area contributed by atoms with Crippen LogP contribution < -0.4 is 9.47 Å². The molecule has 25 heavy (non-hydrogen) atoms. The number of benzene rings is 2. The second-order valence-corrected chi connectivity index (χ2v) is 6.41. The lowest BCUT2D eigenvalue weighted by Crippen LogP contribution is -2.17. The summed E-state index contributed by atoms with van der Waals surface area (Å²) in [7, 11) is 0. The van der Waals surface area contributed by atoms with E-state index in [-0.39, 0.29) is 11.9 Å². The Balaban J connectivity index is 1.91. The molecule has 0 radical (unpaired) electrons. The molecule has 0 aromatic heterocycles. The van der Waals surface area contributed by atoms with Crippen LogP contribution >= 0.6 is 0 Å². The molecule has 1 saturated heterocycles. The Bertz CT molecular complexity index is 774. The molecule has 130 valence electrons. The third-order valence-electron chi connectivity index (χ3n) is 4.57. The first-order valence-corrected chi connectivity index (χ1v) is 8.03. The van der Waals surface area contributed by atoms with Gasteiger partial charge in [0.15, 0.2) is 0 Å². The monoisotopic (exact) mass is 340 g/mol. The van der Waals surface area contributed by atoms with E-state index in [1.807, 2.05) is 50.2 Å². The fourth-order valence-corrected chi connectivity index (χ4v) is 3.10. The van der Waals surface area contributed by atoms with Crippen molar-refractivity contribution in [2.45, 2.75) is 38.9 Å². The van der Waals surface area contributed by atoms with Crippen molar-refractivity contribution in [3.8, 4) is 11.5 Å². The molecule has 2 atom stereocenters. The molecule has 1 aliphatic rings. The molecule has 1 aliphatic heterocycles. The van der Waals surface area contributed by atoms with Gasteiger partial charge in [-0.15, -0.1) is 0 Å². The molecule has 0 amide bonds. The molecule has 5 nitrogen and oxygen atoms in total. The van der Waals surface area contributed by atoms with Gasteiger partial charge in [0, 0.05) is 13.8 Å². The summed E-state index contributed by atoms with van der Waals surface area (Å²) >= 11 is 0. The van der Waals surface area contributed by atoms with Crippen LogP contribution in [0.15, 0.2) is 48.5 Å². The van der Waals surface area contributed by atoms with Gasteiger partial charge in [0.2, 0.25) is 0 Å². The summed E-state index contributed by atoms with van der Waals surface area (Å²) in [4.78, 5) is 22.3. The lowest BCUT2D eigenvalue weighted by Gasteiger charge is -2.15. The quantitative estimate of drug-likeness (QED) is 0.482. The van der Waals surface area contributed by atoms with Crippen molar-refractivity contribution in [1.82, 2.24) is 0 Å². The largest absolute Gasteiger partial charge is 0.427 e. The number of esters is 2. The van der Waals surface area contributed by atoms with Gasteiger partial charge in [-0.25, -0.2) is 0 Å². The lowest BCUT2D eigenvalue weighted by atomic mass is 9.84. The highest BCUT2D eigenvalue weighted by Crippen LogP contribution is 2.62. The average Bonchev–Trinajstić information content (AvgIpc) is 3.11. The normalized spacial score (nSPS) is 24.5. The van der Waals surface area contributed by atoms with Gasteiger partial charge >= 0.3 is 11.9 Å². The molecule has 2 aromatic rings. The molecule has 0 N–H and O–H groups in total. The van der Waals surface area contributed by atoms with Crippen LogP contribution in [0.5, 0.6) is 11.5 Å². The van der Waals surface area contributed by atoms with Crippen LogP contribution in [-0.4, -0.2) is 11.9 Å². The Morgan fingerprint density at radius 3 is 1.56 bits per heavy atom. The van der Waals surface area contributed by atoms with Gasteiger partial charge in [-0.3, -0.25) is 9.59 Å². The number of hydrogen-bond donors (Lipinski definition) is 0. The van der Waals surface area contributed by atoms with E-state index >= 15 is 0 Å². The highest BCUT2D eigenvalue weighted by molar-refractivity contribution is 5.70. The molecule has 1 heterocycles. The highest BCUT2D eigenvalue weighted by Gasteiger charge is 2.65. The van der Waals surface area contributed by atoms with Gasteiger partial charge in [-0.1, -0.05) is 24.3 Å². The first-order chi connectivity index (χ1) is 11.7. The van der Waals surface area contributed by atoms with Gasteiger partial charge in [-0.05, 0) is 49.2 Å². The van der Waals surface area contributed by atoms with Crippen LogP contribution in [0.3, 0.4) is 0 Å². The van der Waals surface area contributed by atoms with Crippen LogP contribution in [-0.2, 0) is 25.5 Å². The minimum Gasteiger partial charge on any atom is -0.427 e. The fraction of sp³-hybridized carbons (Fsp3) is 0.300. The Kier molecular flexibility index (Phi) is 4.13. The van der Waals surface area contributed by atoms with Crippen LogP contribution in [0.1, 0.15) is 38.8 Å². The third kappa shape index (κ3) is 3.15. The SMILES string of the molecule is CC(=O)Oc1cccc([C@]2(C)O[C@]2(C)c2cccc(OC(C)=O)c2)c1. The van der Waals surface area contributed by atoms with E-state index in [0.717, 1.165) is 11.1 Å². The number of epoxide rings is 1. The molecule has 0 aliphatic carbocycles. The van der Waals surface area contributed by atoms with Gasteiger partial charge in [0.1, 0.15) is 22.7 Å². The molecule has 2 aromatic carbocycles. The van der Waals surface area contributed by atoms with E-state index in [1.54, 1.807) is 12.1 Å². The first-order valence-electron chi connectivity index (χ1n) is 8.03. The van der Waals surface area contributed by atoms with Crippen LogP contribution in [0.25, 0.3) is 0 Å². The van der Waals surface area contributed by atoms with Gasteiger partial charge < -0.3 is 14.2 Å². The topological polar surface area (TPSA) is 65.1 Å². The molecular formula is C20H20O5. The van der Waals surface area contributed by atoms with Gasteiger partial charge in [-0.2, -0.15) is 0 Å². The maximum Gasteiger partial charge on any atom is 0.308 e. The summed E-state index contributed by atoms with van der Waals surface area (Å²) in [6.07, 6.45) is 0. The number of ether oxygens (including phenoxy) is 3. The summed E-state index contributed by atoms with van der Waals surface area (Å²) in [6, 6.07) is 14.6. The summed E-state index contributed by atoms with van der Waals surface area (Å²) < 4.78 is 16.4. The van der Waals surface area contributed by atoms with Crippen molar-refractivity contribution in [3.63, 3.8) is 0 Å². The zero-order valence-corrected chi connectivity index (χ0v) is 14.7. The van der Waals surface area contributed by atoms with Crippen molar-refractivity contribution in [2.75, 3.05) is 0 Å². The van der Waals surface area contributed by atoms with Crippen LogP contribution in [0.2, 0.25) is 0 Å². The summed E-state index contributed by atoms with van der Waals surface area (Å²) in [5.41, 5.74) is 0.675. The molecule has 0 unspecified atom stereocenters. The molecule has 0 spiro atoms. The minimum absolute atomic E-state index is 0.365. The molecular weight excluding hydrogens is 320 g/mol. The van der Waals surface area contributed by atoms with E-state index in [0.29, 0.717) is 11.5 Å². The summed E-state index contributed by atoms with van der Waals surface area (Å²) in [5.74, 6) is 0.238. The first kappa shape index (κ1) is 17.2. The van der Waals surface area contributed by atoms with Crippen LogP contribution in [0.4, 0.5) is 0 Å². The van der Waals surface area contributed by atoms with E-state index in [1.165, 1.54) is 13.8 Å². The summed E-state index contributed by atoms with van der Waals surface area (Å²) in [5, 5.41) is 0. The smallest absolute Gasteiger partial charge is 0.308 e. The second kappa shape index (κ2) is 6.01. The maximum absolute atomic E-state index is 11.2. The van der Waals surface area contributed by atoms with Crippen LogP contribution in [0, 0.1) is 0 Å². The maximum atomic E-state index is 11.2. The fourth-order valence-electron chi connectivity index (χ4n) is 3.10. The number of carbonyl (C=O) groups excluding carboxylic acids is 2. The van der Waals surface area contributed by atoms with Crippen molar-refractivity contribution in [1.29, 1.82) is 0 Å². The van der Waals surface area contributed by atoms with E-state index in [2.05, 4.69) is 0 Å². The lowest BCUT2D eigenvalue weighted by molar-refractivity contribution is -0.132. The zero-order valence-electron chi connectivity index (χ0n) is 14.7. The molecule has 5 heteroatoms. The van der Waals surface area contributed by atoms with E-state index in [9.17, 15) is 9.59 Å². The Labute approximate surface area is 146 Å².